The molecule has 7 heteroatoms. The van der Waals surface area contributed by atoms with E-state index in [0.29, 0.717) is 11.3 Å². The fraction of sp³-hybridized carbons (Fsp3) is 0.263. The third-order valence-electron chi connectivity index (χ3n) is 4.03. The Bertz CT molecular complexity index is 996. The molecule has 0 atom stereocenters. The minimum Gasteiger partial charge on any atom is -0.356 e. The summed E-state index contributed by atoms with van der Waals surface area (Å²) in [7, 11) is -3.70. The Morgan fingerprint density at radius 2 is 2.00 bits per heavy atom. The van der Waals surface area contributed by atoms with Crippen LogP contribution in [0.3, 0.4) is 0 Å². The number of rotatable bonds is 6. The topological polar surface area (TPSA) is 85.1 Å². The van der Waals surface area contributed by atoms with Crippen molar-refractivity contribution in [3.8, 4) is 11.3 Å². The molecule has 0 radical (unpaired) electrons. The molecule has 26 heavy (non-hydrogen) atoms. The quantitative estimate of drug-likeness (QED) is 0.715. The Balaban J connectivity index is 1.97. The molecule has 0 saturated carbocycles. The van der Waals surface area contributed by atoms with E-state index in [4.69, 9.17) is 4.52 Å². The molecule has 3 rings (SSSR count). The van der Waals surface area contributed by atoms with Gasteiger partial charge in [0, 0.05) is 30.6 Å². The number of aromatic nitrogens is 2. The highest BCUT2D eigenvalue weighted by molar-refractivity contribution is 7.89. The summed E-state index contributed by atoms with van der Waals surface area (Å²) in [6.07, 6.45) is 3.29. The van der Waals surface area contributed by atoms with Gasteiger partial charge in [-0.1, -0.05) is 37.2 Å². The van der Waals surface area contributed by atoms with Crippen molar-refractivity contribution in [1.82, 2.24) is 14.9 Å². The predicted octanol–water partition coefficient (Wildman–Crippen LogP) is 3.65. The zero-order chi connectivity index (χ0) is 18.7. The number of pyridine rings is 1. The maximum atomic E-state index is 12.9. The van der Waals surface area contributed by atoms with Gasteiger partial charge in [0.05, 0.1) is 10.6 Å². The van der Waals surface area contributed by atoms with Crippen LogP contribution in [-0.2, 0) is 16.6 Å². The Morgan fingerprint density at radius 1 is 1.19 bits per heavy atom. The van der Waals surface area contributed by atoms with Crippen LogP contribution in [-0.4, -0.2) is 18.6 Å². The molecule has 1 N–H and O–H groups in total. The third kappa shape index (κ3) is 4.00. The number of aryl methyl sites for hydroxylation is 1. The molecular formula is C19H21N3O3S. The highest BCUT2D eigenvalue weighted by Crippen LogP contribution is 2.30. The van der Waals surface area contributed by atoms with Crippen LogP contribution in [0, 0.1) is 6.92 Å². The lowest BCUT2D eigenvalue weighted by Crippen LogP contribution is -2.24. The Kier molecular flexibility index (Phi) is 5.20. The van der Waals surface area contributed by atoms with Crippen molar-refractivity contribution in [2.24, 2.45) is 0 Å². The molecule has 0 saturated heterocycles. The second-order valence-electron chi connectivity index (χ2n) is 6.43. The van der Waals surface area contributed by atoms with Crippen molar-refractivity contribution in [2.75, 3.05) is 0 Å². The summed E-state index contributed by atoms with van der Waals surface area (Å²) < 4.78 is 33.8. The van der Waals surface area contributed by atoms with E-state index in [9.17, 15) is 8.42 Å². The van der Waals surface area contributed by atoms with Gasteiger partial charge in [0.25, 0.3) is 0 Å². The van der Waals surface area contributed by atoms with Crippen molar-refractivity contribution in [2.45, 2.75) is 38.1 Å². The molecule has 0 spiro atoms. The number of benzene rings is 1. The van der Waals surface area contributed by atoms with Gasteiger partial charge in [-0.3, -0.25) is 4.98 Å². The van der Waals surface area contributed by atoms with Crippen LogP contribution in [0.2, 0.25) is 0 Å². The Morgan fingerprint density at radius 3 is 2.62 bits per heavy atom. The number of hydrogen-bond acceptors (Lipinski definition) is 5. The number of sulfonamides is 1. The molecule has 136 valence electrons. The number of nitrogens with one attached hydrogen (secondary N) is 1. The number of nitrogens with zero attached hydrogens (tertiary/aromatic N) is 2. The van der Waals surface area contributed by atoms with E-state index < -0.39 is 10.0 Å². The molecule has 0 aliphatic heterocycles. The van der Waals surface area contributed by atoms with Crippen LogP contribution in [0.4, 0.5) is 0 Å². The first kappa shape index (κ1) is 18.3. The van der Waals surface area contributed by atoms with Crippen LogP contribution >= 0.6 is 0 Å². The van der Waals surface area contributed by atoms with E-state index in [0.717, 1.165) is 16.8 Å². The van der Waals surface area contributed by atoms with Crippen LogP contribution in [0.1, 0.15) is 36.6 Å². The number of hydrogen-bond donors (Lipinski definition) is 1. The molecule has 0 bridgehead atoms. The highest BCUT2D eigenvalue weighted by atomic mass is 32.2. The first-order chi connectivity index (χ1) is 12.4. The fourth-order valence-corrected chi connectivity index (χ4v) is 4.06. The van der Waals surface area contributed by atoms with Crippen LogP contribution in [0.25, 0.3) is 11.3 Å². The van der Waals surface area contributed by atoms with Gasteiger partial charge in [0.1, 0.15) is 0 Å². The molecule has 2 aromatic heterocycles. The summed E-state index contributed by atoms with van der Waals surface area (Å²) in [5.41, 5.74) is 2.97. The van der Waals surface area contributed by atoms with Crippen molar-refractivity contribution in [3.05, 3.63) is 65.6 Å². The van der Waals surface area contributed by atoms with E-state index in [1.54, 1.807) is 30.6 Å². The van der Waals surface area contributed by atoms with Crippen molar-refractivity contribution >= 4 is 10.0 Å². The van der Waals surface area contributed by atoms with Gasteiger partial charge in [0.15, 0.2) is 5.76 Å². The van der Waals surface area contributed by atoms with E-state index >= 15 is 0 Å². The molecule has 1 aromatic carbocycles. The van der Waals surface area contributed by atoms with Gasteiger partial charge in [0.2, 0.25) is 10.0 Å². The van der Waals surface area contributed by atoms with E-state index in [1.165, 1.54) is 0 Å². The monoisotopic (exact) mass is 371 g/mol. The Hall–Kier alpha value is -2.51. The largest absolute Gasteiger partial charge is 0.356 e. The average molecular weight is 371 g/mol. The van der Waals surface area contributed by atoms with Gasteiger partial charge in [-0.05, 0) is 36.1 Å². The summed E-state index contributed by atoms with van der Waals surface area (Å²) in [6, 6.07) is 10.7. The van der Waals surface area contributed by atoms with Crippen molar-refractivity contribution < 1.29 is 12.9 Å². The summed E-state index contributed by atoms with van der Waals surface area (Å²) >= 11 is 0. The second kappa shape index (κ2) is 7.39. The summed E-state index contributed by atoms with van der Waals surface area (Å²) in [6.45, 7) is 5.93. The summed E-state index contributed by atoms with van der Waals surface area (Å²) in [5.74, 6) is 0.604. The van der Waals surface area contributed by atoms with Gasteiger partial charge in [-0.15, -0.1) is 0 Å². The maximum absolute atomic E-state index is 12.9. The zero-order valence-corrected chi connectivity index (χ0v) is 15.7. The van der Waals surface area contributed by atoms with Crippen molar-refractivity contribution in [3.63, 3.8) is 0 Å². The first-order valence-electron chi connectivity index (χ1n) is 8.33. The lowest BCUT2D eigenvalue weighted by molar-refractivity contribution is 0.427. The lowest BCUT2D eigenvalue weighted by atomic mass is 10.0. The molecule has 0 fully saturated rings. The van der Waals surface area contributed by atoms with Crippen LogP contribution in [0.5, 0.6) is 0 Å². The van der Waals surface area contributed by atoms with Crippen molar-refractivity contribution in [1.29, 1.82) is 0 Å². The third-order valence-corrected chi connectivity index (χ3v) is 5.48. The van der Waals surface area contributed by atoms with E-state index in [-0.39, 0.29) is 17.4 Å². The normalized spacial score (nSPS) is 11.8. The fourth-order valence-electron chi connectivity index (χ4n) is 2.66. The lowest BCUT2D eigenvalue weighted by Gasteiger charge is -2.15. The van der Waals surface area contributed by atoms with Gasteiger partial charge >= 0.3 is 0 Å². The Labute approximate surface area is 153 Å². The smallest absolute Gasteiger partial charge is 0.241 e. The molecule has 0 amide bonds. The zero-order valence-electron chi connectivity index (χ0n) is 14.9. The van der Waals surface area contributed by atoms with Crippen LogP contribution in [0.15, 0.2) is 58.2 Å². The highest BCUT2D eigenvalue weighted by Gasteiger charge is 2.21. The minimum absolute atomic E-state index is 0.0606. The minimum atomic E-state index is -3.70. The molecule has 3 aromatic rings. The molecule has 0 aliphatic rings. The predicted molar refractivity (Wildman–Crippen MR) is 99.0 cm³/mol. The van der Waals surface area contributed by atoms with Gasteiger partial charge in [-0.25, -0.2) is 13.1 Å². The molecule has 0 unspecified atom stereocenters. The summed E-state index contributed by atoms with van der Waals surface area (Å²) in [5, 5.41) is 3.87. The average Bonchev–Trinajstić information content (AvgIpc) is 3.07. The van der Waals surface area contributed by atoms with Gasteiger partial charge < -0.3 is 4.52 Å². The van der Waals surface area contributed by atoms with E-state index in [1.807, 2.05) is 39.0 Å². The first-order valence-corrected chi connectivity index (χ1v) is 9.81. The maximum Gasteiger partial charge on any atom is 0.241 e. The molecule has 0 aliphatic carbocycles. The molecule has 6 nitrogen and oxygen atoms in total. The standard InChI is InChI=1S/C19H21N3O3S/c1-13(2)17-7-6-16(18-9-14(3)22-25-18)10-19(17)26(23,24)21-12-15-5-4-8-20-11-15/h4-11,13,21H,12H2,1-3H3. The van der Waals surface area contributed by atoms with Crippen LogP contribution < -0.4 is 4.72 Å². The molecule has 2 heterocycles. The van der Waals surface area contributed by atoms with Gasteiger partial charge in [-0.2, -0.15) is 0 Å². The SMILES string of the molecule is Cc1cc(-c2ccc(C(C)C)c(S(=O)(=O)NCc3cccnc3)c2)on1. The summed E-state index contributed by atoms with van der Waals surface area (Å²) in [4.78, 5) is 4.26. The molecular weight excluding hydrogens is 350 g/mol. The second-order valence-corrected chi connectivity index (χ2v) is 8.16. The van der Waals surface area contributed by atoms with E-state index in [2.05, 4.69) is 14.9 Å².